The minimum atomic E-state index is -0.578. The molecule has 0 aliphatic heterocycles. The fourth-order valence-corrected chi connectivity index (χ4v) is 2.54. The van der Waals surface area contributed by atoms with E-state index in [0.29, 0.717) is 20.8 Å². The van der Waals surface area contributed by atoms with Crippen molar-refractivity contribution in [1.29, 1.82) is 0 Å². The first kappa shape index (κ1) is 12.2. The van der Waals surface area contributed by atoms with Crippen molar-refractivity contribution in [2.45, 2.75) is 0 Å². The van der Waals surface area contributed by atoms with Crippen molar-refractivity contribution < 1.29 is 9.59 Å². The van der Waals surface area contributed by atoms with Gasteiger partial charge in [0.05, 0.1) is 18.4 Å². The van der Waals surface area contributed by atoms with E-state index in [1.807, 2.05) is 0 Å². The Morgan fingerprint density at radius 1 is 1.50 bits per heavy atom. The molecule has 2 aromatic rings. The third-order valence-corrected chi connectivity index (χ3v) is 3.45. The van der Waals surface area contributed by atoms with Crippen LogP contribution in [0.15, 0.2) is 12.3 Å². The minimum absolute atomic E-state index is 0.155. The highest BCUT2D eigenvalue weighted by atomic mass is 32.1. The first-order valence-electron chi connectivity index (χ1n) is 5.04. The van der Waals surface area contributed by atoms with Gasteiger partial charge in [0, 0.05) is 12.4 Å². The molecule has 0 fully saturated rings. The van der Waals surface area contributed by atoms with Crippen LogP contribution in [0.4, 0.5) is 5.69 Å². The number of carbonyl (C=O) groups excluding carboxylic acids is 2. The summed E-state index contributed by atoms with van der Waals surface area (Å²) in [5, 5.41) is 8.30. The van der Waals surface area contributed by atoms with Crippen molar-refractivity contribution in [3.05, 3.63) is 17.1 Å². The molecule has 0 saturated carbocycles. The zero-order valence-corrected chi connectivity index (χ0v) is 10.4. The molecule has 0 aliphatic rings. The Hall–Kier alpha value is -2.22. The molecule has 2 amide bonds. The lowest BCUT2D eigenvalue weighted by atomic mass is 10.2. The van der Waals surface area contributed by atoms with E-state index in [1.165, 1.54) is 18.1 Å². The Bertz CT molecular complexity index is 624. The van der Waals surface area contributed by atoms with E-state index >= 15 is 0 Å². The summed E-state index contributed by atoms with van der Waals surface area (Å²) in [5.41, 5.74) is 11.3. The van der Waals surface area contributed by atoms with Gasteiger partial charge in [0.25, 0.3) is 5.91 Å². The van der Waals surface area contributed by atoms with Crippen molar-refractivity contribution in [2.24, 2.45) is 5.73 Å². The Morgan fingerprint density at radius 2 is 2.22 bits per heavy atom. The Balaban J connectivity index is 2.39. The van der Waals surface area contributed by atoms with E-state index < -0.39 is 5.91 Å². The van der Waals surface area contributed by atoms with Crippen LogP contribution in [-0.2, 0) is 4.79 Å². The first-order valence-corrected chi connectivity index (χ1v) is 5.85. The van der Waals surface area contributed by atoms with Gasteiger partial charge < -0.3 is 16.4 Å². The summed E-state index contributed by atoms with van der Waals surface area (Å²) < 4.78 is 0. The Kier molecular flexibility index (Phi) is 3.11. The lowest BCUT2D eigenvalue weighted by Crippen LogP contribution is -2.35. The maximum Gasteiger partial charge on any atom is 0.266 e. The average Bonchev–Trinajstić information content (AvgIpc) is 2.66. The van der Waals surface area contributed by atoms with Crippen LogP contribution in [0.3, 0.4) is 0 Å². The number of nitrogens with two attached hydrogens (primary N) is 2. The molecule has 94 valence electrons. The van der Waals surface area contributed by atoms with E-state index in [0.717, 1.165) is 11.3 Å². The standard InChI is InChI=1S/C10H11N5O2S/c1-15(4-6(11)16)10(17)8-7(12)5-2-3-13-14-9(5)18-8/h2-3H,4,12H2,1H3,(H2,11,16). The highest BCUT2D eigenvalue weighted by Gasteiger charge is 2.21. The zero-order valence-electron chi connectivity index (χ0n) is 9.58. The van der Waals surface area contributed by atoms with E-state index in [1.54, 1.807) is 6.07 Å². The number of hydrogen-bond acceptors (Lipinski definition) is 6. The molecule has 0 aliphatic carbocycles. The van der Waals surface area contributed by atoms with E-state index in [9.17, 15) is 9.59 Å². The molecule has 18 heavy (non-hydrogen) atoms. The molecule has 2 rings (SSSR count). The maximum atomic E-state index is 12.1. The number of amides is 2. The van der Waals surface area contributed by atoms with Crippen LogP contribution in [0.5, 0.6) is 0 Å². The van der Waals surface area contributed by atoms with Crippen molar-refractivity contribution in [3.8, 4) is 0 Å². The highest BCUT2D eigenvalue weighted by Crippen LogP contribution is 2.32. The molecule has 0 unspecified atom stereocenters. The summed E-state index contributed by atoms with van der Waals surface area (Å²) in [4.78, 5) is 25.0. The Labute approximate surface area is 106 Å². The van der Waals surface area contributed by atoms with Crippen LogP contribution >= 0.6 is 11.3 Å². The molecule has 2 heterocycles. The molecule has 7 nitrogen and oxygen atoms in total. The number of carbonyl (C=O) groups is 2. The molecular formula is C10H11N5O2S. The Morgan fingerprint density at radius 3 is 2.83 bits per heavy atom. The highest BCUT2D eigenvalue weighted by molar-refractivity contribution is 7.21. The number of nitrogen functional groups attached to an aromatic ring is 1. The molecule has 2 aromatic heterocycles. The minimum Gasteiger partial charge on any atom is -0.397 e. The smallest absolute Gasteiger partial charge is 0.266 e. The number of anilines is 1. The van der Waals surface area contributed by atoms with Gasteiger partial charge in [-0.25, -0.2) is 0 Å². The second kappa shape index (κ2) is 4.57. The van der Waals surface area contributed by atoms with Gasteiger partial charge in [0.1, 0.15) is 9.71 Å². The van der Waals surface area contributed by atoms with Gasteiger partial charge in [-0.3, -0.25) is 9.59 Å². The third-order valence-electron chi connectivity index (χ3n) is 2.35. The molecule has 0 aromatic carbocycles. The van der Waals surface area contributed by atoms with Crippen LogP contribution < -0.4 is 11.5 Å². The zero-order chi connectivity index (χ0) is 13.3. The number of likely N-dealkylation sites (N-methyl/N-ethyl adjacent to an activating group) is 1. The molecule has 0 atom stereocenters. The van der Waals surface area contributed by atoms with E-state index in [4.69, 9.17) is 11.5 Å². The number of nitrogens with zero attached hydrogens (tertiary/aromatic N) is 3. The third kappa shape index (κ3) is 2.09. The second-order valence-corrected chi connectivity index (χ2v) is 4.72. The van der Waals surface area contributed by atoms with Crippen LogP contribution in [0, 0.1) is 0 Å². The maximum absolute atomic E-state index is 12.1. The SMILES string of the molecule is CN(CC(N)=O)C(=O)c1sc2nnccc2c1N. The quantitative estimate of drug-likeness (QED) is 0.799. The molecule has 0 radical (unpaired) electrons. The molecule has 8 heteroatoms. The van der Waals surface area contributed by atoms with Gasteiger partial charge in [-0.2, -0.15) is 5.10 Å². The summed E-state index contributed by atoms with van der Waals surface area (Å²) >= 11 is 1.15. The van der Waals surface area contributed by atoms with Crippen LogP contribution in [0.25, 0.3) is 10.2 Å². The molecule has 0 spiro atoms. The summed E-state index contributed by atoms with van der Waals surface area (Å²) in [5.74, 6) is -0.931. The van der Waals surface area contributed by atoms with Gasteiger partial charge in [-0.05, 0) is 6.07 Å². The fraction of sp³-hybridized carbons (Fsp3) is 0.200. The number of fused-ring (bicyclic) bond motifs is 1. The van der Waals surface area contributed by atoms with Gasteiger partial charge in [0.15, 0.2) is 0 Å². The van der Waals surface area contributed by atoms with Gasteiger partial charge in [0.2, 0.25) is 5.91 Å². The number of hydrogen-bond donors (Lipinski definition) is 2. The van der Waals surface area contributed by atoms with E-state index in [2.05, 4.69) is 10.2 Å². The lowest BCUT2D eigenvalue weighted by Gasteiger charge is -2.13. The summed E-state index contributed by atoms with van der Waals surface area (Å²) in [7, 11) is 1.49. The average molecular weight is 265 g/mol. The van der Waals surface area contributed by atoms with E-state index in [-0.39, 0.29) is 12.5 Å². The van der Waals surface area contributed by atoms with Crippen LogP contribution in [0.2, 0.25) is 0 Å². The van der Waals surface area contributed by atoms with Gasteiger partial charge >= 0.3 is 0 Å². The topological polar surface area (TPSA) is 115 Å². The molecule has 4 N–H and O–H groups in total. The number of primary amides is 1. The molecule has 0 bridgehead atoms. The number of rotatable bonds is 3. The van der Waals surface area contributed by atoms with Crippen molar-refractivity contribution in [3.63, 3.8) is 0 Å². The summed E-state index contributed by atoms with van der Waals surface area (Å²) in [6.07, 6.45) is 1.51. The van der Waals surface area contributed by atoms with Gasteiger partial charge in [-0.1, -0.05) is 0 Å². The monoisotopic (exact) mass is 265 g/mol. The van der Waals surface area contributed by atoms with Crippen molar-refractivity contribution in [2.75, 3.05) is 19.3 Å². The van der Waals surface area contributed by atoms with Crippen molar-refractivity contribution >= 4 is 39.1 Å². The normalized spacial score (nSPS) is 10.5. The predicted molar refractivity (Wildman–Crippen MR) is 68.0 cm³/mol. The molecular weight excluding hydrogens is 254 g/mol. The summed E-state index contributed by atoms with van der Waals surface area (Å²) in [6.45, 7) is -0.155. The number of thiophene rings is 1. The number of aromatic nitrogens is 2. The lowest BCUT2D eigenvalue weighted by molar-refractivity contribution is -0.118. The van der Waals surface area contributed by atoms with Gasteiger partial charge in [-0.15, -0.1) is 16.4 Å². The fourth-order valence-electron chi connectivity index (χ4n) is 1.51. The van der Waals surface area contributed by atoms with Crippen LogP contribution in [-0.4, -0.2) is 40.5 Å². The molecule has 0 saturated heterocycles. The summed E-state index contributed by atoms with van der Waals surface area (Å²) in [6, 6.07) is 1.69. The van der Waals surface area contributed by atoms with Crippen LogP contribution in [0.1, 0.15) is 9.67 Å². The predicted octanol–water partition coefficient (Wildman–Crippen LogP) is -0.169. The largest absolute Gasteiger partial charge is 0.397 e. The first-order chi connectivity index (χ1) is 8.50. The second-order valence-electron chi connectivity index (χ2n) is 3.72. The van der Waals surface area contributed by atoms with Crippen molar-refractivity contribution in [1.82, 2.24) is 15.1 Å².